The number of para-hydroxylation sites is 1. The van der Waals surface area contributed by atoms with Crippen LogP contribution < -0.4 is 31.9 Å². The van der Waals surface area contributed by atoms with E-state index in [0.29, 0.717) is 6.42 Å². The number of ketones is 1. The van der Waals surface area contributed by atoms with E-state index in [0.717, 1.165) is 22.0 Å². The molecule has 302 valence electrons. The van der Waals surface area contributed by atoms with E-state index in [-0.39, 0.29) is 25.2 Å². The van der Waals surface area contributed by atoms with E-state index >= 15 is 0 Å². The Labute approximate surface area is 324 Å². The van der Waals surface area contributed by atoms with Gasteiger partial charge in [0.2, 0.25) is 29.5 Å². The molecule has 56 heavy (non-hydrogen) atoms. The van der Waals surface area contributed by atoms with Crippen molar-refractivity contribution in [3.63, 3.8) is 0 Å². The van der Waals surface area contributed by atoms with Crippen molar-refractivity contribution in [2.45, 2.75) is 89.5 Å². The van der Waals surface area contributed by atoms with E-state index in [4.69, 9.17) is 5.11 Å². The minimum absolute atomic E-state index is 0.0479. The van der Waals surface area contributed by atoms with Crippen molar-refractivity contribution in [3.8, 4) is 0 Å². The zero-order valence-electron chi connectivity index (χ0n) is 31.8. The van der Waals surface area contributed by atoms with Gasteiger partial charge < -0.3 is 47.1 Å². The first-order valence-electron chi connectivity index (χ1n) is 18.3. The predicted octanol–water partition coefficient (Wildman–Crippen LogP) is 0.571. The second-order valence-electron chi connectivity index (χ2n) is 13.9. The summed E-state index contributed by atoms with van der Waals surface area (Å²) in [6.07, 6.45) is 0.750. The number of aromatic nitrogens is 1. The number of amides is 5. The molecule has 0 aliphatic heterocycles. The molecule has 0 fully saturated rings. The predicted molar refractivity (Wildman–Crippen MR) is 205 cm³/mol. The third-order valence-corrected chi connectivity index (χ3v) is 8.93. The second kappa shape index (κ2) is 21.7. The molecule has 0 spiro atoms. The summed E-state index contributed by atoms with van der Waals surface area (Å²) in [4.78, 5) is 105. The van der Waals surface area contributed by atoms with Crippen molar-refractivity contribution < 1.29 is 48.6 Å². The van der Waals surface area contributed by atoms with Crippen LogP contribution in [0.1, 0.15) is 57.6 Å². The fourth-order valence-electron chi connectivity index (χ4n) is 5.99. The van der Waals surface area contributed by atoms with Crippen molar-refractivity contribution in [1.82, 2.24) is 36.9 Å². The minimum atomic E-state index is -1.67. The molecule has 0 aliphatic carbocycles. The molecule has 5 amide bonds. The lowest BCUT2D eigenvalue weighted by Crippen LogP contribution is -2.59. The van der Waals surface area contributed by atoms with Crippen molar-refractivity contribution in [3.05, 3.63) is 71.9 Å². The number of carbonyl (C=O) groups is 8. The van der Waals surface area contributed by atoms with Gasteiger partial charge in [0.1, 0.15) is 18.1 Å². The average Bonchev–Trinajstić information content (AvgIpc) is 3.55. The van der Waals surface area contributed by atoms with Crippen LogP contribution in [0.5, 0.6) is 0 Å². The van der Waals surface area contributed by atoms with E-state index in [1.54, 1.807) is 27.1 Å². The maximum atomic E-state index is 14.1. The largest absolute Gasteiger partial charge is 0.481 e. The Morgan fingerprint density at radius 2 is 1.29 bits per heavy atom. The highest BCUT2D eigenvalue weighted by Gasteiger charge is 2.33. The number of carboxylic acid groups (broad SMARTS) is 2. The number of H-pyrrole nitrogens is 1. The van der Waals surface area contributed by atoms with E-state index in [1.807, 2.05) is 54.6 Å². The summed E-state index contributed by atoms with van der Waals surface area (Å²) in [6.45, 7) is 4.05. The summed E-state index contributed by atoms with van der Waals surface area (Å²) in [6, 6.07) is 10.8. The Balaban J connectivity index is 1.79. The van der Waals surface area contributed by atoms with Gasteiger partial charge in [-0.2, -0.15) is 0 Å². The molecule has 0 unspecified atom stereocenters. The van der Waals surface area contributed by atoms with Gasteiger partial charge in [0.05, 0.1) is 25.0 Å². The third-order valence-electron chi connectivity index (χ3n) is 8.93. The van der Waals surface area contributed by atoms with E-state index < -0.39 is 96.9 Å². The summed E-state index contributed by atoms with van der Waals surface area (Å²) >= 11 is 0. The monoisotopic (exact) mass is 777 g/mol. The lowest BCUT2D eigenvalue weighted by molar-refractivity contribution is -0.141. The maximum absolute atomic E-state index is 14.1. The molecule has 5 atom stereocenters. The highest BCUT2D eigenvalue weighted by molar-refractivity contribution is 5.97. The lowest BCUT2D eigenvalue weighted by atomic mass is 9.99. The SMILES string of the molecule is CN[C@@H](Cc1ccccc1)C(=O)N[C@@H](Cc1c[nH]c2ccccc12)C(=O)N[C@@H](CC(C)C)C(=O)N[C@@H](CC(=O)O)C(=O)NCC(=O)N[C@@H](CCC(=O)O)C(C)=O. The molecule has 0 saturated carbocycles. The summed E-state index contributed by atoms with van der Waals surface area (Å²) in [7, 11) is 1.63. The normalized spacial score (nSPS) is 13.7. The van der Waals surface area contributed by atoms with Crippen LogP contribution in [0.4, 0.5) is 0 Å². The number of benzene rings is 2. The van der Waals surface area contributed by atoms with Crippen molar-refractivity contribution in [1.29, 1.82) is 0 Å². The molecule has 2 aromatic carbocycles. The van der Waals surface area contributed by atoms with Crippen LogP contribution in [0.2, 0.25) is 0 Å². The zero-order chi connectivity index (χ0) is 41.4. The molecule has 17 heteroatoms. The summed E-state index contributed by atoms with van der Waals surface area (Å²) < 4.78 is 0. The van der Waals surface area contributed by atoms with Crippen LogP contribution in [0.3, 0.4) is 0 Å². The molecule has 0 saturated heterocycles. The van der Waals surface area contributed by atoms with E-state index in [1.165, 1.54) is 6.92 Å². The number of carbonyl (C=O) groups excluding carboxylic acids is 6. The Bertz CT molecular complexity index is 1860. The molecule has 1 aromatic heterocycles. The zero-order valence-corrected chi connectivity index (χ0v) is 31.8. The molecule has 0 radical (unpaired) electrons. The van der Waals surface area contributed by atoms with E-state index in [9.17, 15) is 43.5 Å². The van der Waals surface area contributed by atoms with Crippen LogP contribution in [-0.4, -0.2) is 106 Å². The van der Waals surface area contributed by atoms with Gasteiger partial charge in [-0.05, 0) is 56.3 Å². The van der Waals surface area contributed by atoms with Crippen molar-refractivity contribution in [2.24, 2.45) is 5.92 Å². The Morgan fingerprint density at radius 1 is 0.679 bits per heavy atom. The number of rotatable bonds is 23. The standard InChI is InChI=1S/C39H51N7O10/c1-22(2)16-30(38(55)46-32(19-35(51)52)36(53)42-21-33(48)43-27(23(3)47)14-15-34(49)50)44-39(56)31(18-25-20-41-28-13-9-8-12-26(25)28)45-37(54)29(40-4)17-24-10-6-5-7-11-24/h5-13,20,22,27,29-32,40-41H,14-19,21H2,1-4H3,(H,42,53)(H,43,48)(H,44,56)(H,45,54)(H,46,55)(H,49,50)(H,51,52)/t27-,29-,30-,31-,32-/m0/s1. The van der Waals surface area contributed by atoms with Crippen LogP contribution in [0.15, 0.2) is 60.8 Å². The van der Waals surface area contributed by atoms with Crippen LogP contribution in [-0.2, 0) is 51.2 Å². The first-order valence-corrected chi connectivity index (χ1v) is 18.3. The van der Waals surface area contributed by atoms with Gasteiger partial charge in [-0.25, -0.2) is 0 Å². The molecule has 3 aromatic rings. The first-order chi connectivity index (χ1) is 26.6. The van der Waals surface area contributed by atoms with Crippen molar-refractivity contribution in [2.75, 3.05) is 13.6 Å². The average molecular weight is 778 g/mol. The number of aliphatic carboxylic acids is 2. The highest BCUT2D eigenvalue weighted by atomic mass is 16.4. The number of fused-ring (bicyclic) bond motifs is 1. The molecule has 1 heterocycles. The first kappa shape index (κ1) is 44.3. The summed E-state index contributed by atoms with van der Waals surface area (Å²) in [5, 5.41) is 34.8. The molecular formula is C39H51N7O10. The Kier molecular flexibility index (Phi) is 17.2. The van der Waals surface area contributed by atoms with Gasteiger partial charge in [-0.3, -0.25) is 38.4 Å². The summed E-state index contributed by atoms with van der Waals surface area (Å²) in [5.74, 6) is -7.20. The summed E-state index contributed by atoms with van der Waals surface area (Å²) in [5.41, 5.74) is 2.44. The number of Topliss-reactive ketones (excluding diaryl/α,β-unsaturated/α-hetero) is 1. The molecule has 17 nitrogen and oxygen atoms in total. The number of aromatic amines is 1. The van der Waals surface area contributed by atoms with E-state index in [2.05, 4.69) is 36.9 Å². The number of carboxylic acids is 2. The molecule has 3 rings (SSSR count). The van der Waals surface area contributed by atoms with Gasteiger partial charge in [-0.1, -0.05) is 62.4 Å². The van der Waals surface area contributed by atoms with Crippen LogP contribution in [0, 0.1) is 5.92 Å². The van der Waals surface area contributed by atoms with Gasteiger partial charge >= 0.3 is 11.9 Å². The van der Waals surface area contributed by atoms with Crippen molar-refractivity contribution >= 4 is 58.2 Å². The quantitative estimate of drug-likeness (QED) is 0.0643. The Hall–Kier alpha value is -6.10. The topological polar surface area (TPSA) is 265 Å². The maximum Gasteiger partial charge on any atom is 0.305 e. The molecule has 0 bridgehead atoms. The molecular weight excluding hydrogens is 726 g/mol. The fourth-order valence-corrected chi connectivity index (χ4v) is 5.99. The van der Waals surface area contributed by atoms with Gasteiger partial charge in [-0.15, -0.1) is 0 Å². The van der Waals surface area contributed by atoms with Crippen LogP contribution >= 0.6 is 0 Å². The number of hydrogen-bond donors (Lipinski definition) is 9. The molecule has 9 N–H and O–H groups in total. The minimum Gasteiger partial charge on any atom is -0.481 e. The van der Waals surface area contributed by atoms with Crippen LogP contribution in [0.25, 0.3) is 10.9 Å². The Morgan fingerprint density at radius 3 is 1.91 bits per heavy atom. The lowest BCUT2D eigenvalue weighted by Gasteiger charge is -2.27. The molecule has 0 aliphatic rings. The van der Waals surface area contributed by atoms with Gasteiger partial charge in [0.15, 0.2) is 5.78 Å². The number of hydrogen-bond acceptors (Lipinski definition) is 9. The van der Waals surface area contributed by atoms with Gasteiger partial charge in [0, 0.05) is 29.9 Å². The number of likely N-dealkylation sites (N-methyl/N-ethyl adjacent to an activating group) is 1. The smallest absolute Gasteiger partial charge is 0.305 e. The fraction of sp³-hybridized carbons (Fsp3) is 0.436. The second-order valence-corrected chi connectivity index (χ2v) is 13.9. The highest BCUT2D eigenvalue weighted by Crippen LogP contribution is 2.20. The van der Waals surface area contributed by atoms with Gasteiger partial charge in [0.25, 0.3) is 0 Å². The third kappa shape index (κ3) is 14.3. The number of nitrogens with one attached hydrogen (secondary N) is 7.